The molecule has 146 valence electrons. The predicted octanol–water partition coefficient (Wildman–Crippen LogP) is 4.42. The Labute approximate surface area is 167 Å². The molecule has 0 aliphatic heterocycles. The molecule has 3 aromatic carbocycles. The Kier molecular flexibility index (Phi) is 5.99. The SMILES string of the molecule is Cc1ccc(C(=O)COc2cccc(NC(=O)c3cccc([N+](=O)[O-])c3)c2)cc1. The number of rotatable bonds is 7. The van der Waals surface area contributed by atoms with Gasteiger partial charge in [-0.3, -0.25) is 19.7 Å². The second-order valence-corrected chi connectivity index (χ2v) is 6.37. The van der Waals surface area contributed by atoms with Crippen LogP contribution in [-0.2, 0) is 0 Å². The van der Waals surface area contributed by atoms with Crippen molar-refractivity contribution in [3.05, 3.63) is 99.6 Å². The molecule has 0 aromatic heterocycles. The third-order valence-corrected chi connectivity index (χ3v) is 4.15. The third-order valence-electron chi connectivity index (χ3n) is 4.15. The van der Waals surface area contributed by atoms with Gasteiger partial charge in [0.1, 0.15) is 5.75 Å². The van der Waals surface area contributed by atoms with E-state index in [1.165, 1.54) is 24.3 Å². The van der Waals surface area contributed by atoms with Crippen LogP contribution in [0.1, 0.15) is 26.3 Å². The number of carbonyl (C=O) groups is 2. The molecule has 7 heteroatoms. The van der Waals surface area contributed by atoms with Crippen LogP contribution in [0.3, 0.4) is 0 Å². The van der Waals surface area contributed by atoms with E-state index in [9.17, 15) is 19.7 Å². The predicted molar refractivity (Wildman–Crippen MR) is 108 cm³/mol. The van der Waals surface area contributed by atoms with E-state index in [4.69, 9.17) is 4.74 Å². The molecule has 0 saturated carbocycles. The van der Waals surface area contributed by atoms with Crippen molar-refractivity contribution in [1.29, 1.82) is 0 Å². The van der Waals surface area contributed by atoms with Gasteiger partial charge >= 0.3 is 0 Å². The lowest BCUT2D eigenvalue weighted by atomic mass is 10.1. The van der Waals surface area contributed by atoms with Gasteiger partial charge in [0.05, 0.1) is 4.92 Å². The Balaban J connectivity index is 1.64. The number of amides is 1. The van der Waals surface area contributed by atoms with Crippen molar-refractivity contribution < 1.29 is 19.2 Å². The number of benzene rings is 3. The van der Waals surface area contributed by atoms with Gasteiger partial charge in [-0.25, -0.2) is 0 Å². The van der Waals surface area contributed by atoms with E-state index in [1.54, 1.807) is 36.4 Å². The van der Waals surface area contributed by atoms with E-state index in [2.05, 4.69) is 5.32 Å². The number of hydrogen-bond acceptors (Lipinski definition) is 5. The first-order valence-corrected chi connectivity index (χ1v) is 8.81. The van der Waals surface area contributed by atoms with Gasteiger partial charge < -0.3 is 10.1 Å². The minimum Gasteiger partial charge on any atom is -0.485 e. The maximum absolute atomic E-state index is 12.4. The molecule has 0 unspecified atom stereocenters. The third kappa shape index (κ3) is 5.26. The van der Waals surface area contributed by atoms with Crippen LogP contribution >= 0.6 is 0 Å². The van der Waals surface area contributed by atoms with Crippen LogP contribution in [0.15, 0.2) is 72.8 Å². The Bertz CT molecular complexity index is 1060. The summed E-state index contributed by atoms with van der Waals surface area (Å²) in [7, 11) is 0. The van der Waals surface area contributed by atoms with E-state index in [0.717, 1.165) is 5.56 Å². The lowest BCUT2D eigenvalue weighted by Gasteiger charge is -2.09. The number of nitro benzene ring substituents is 1. The number of nitrogens with one attached hydrogen (secondary N) is 1. The summed E-state index contributed by atoms with van der Waals surface area (Å²) in [5.41, 5.74) is 2.08. The number of carbonyl (C=O) groups excluding carboxylic acids is 2. The van der Waals surface area contributed by atoms with Crippen LogP contribution in [0.4, 0.5) is 11.4 Å². The number of aryl methyl sites for hydroxylation is 1. The van der Waals surface area contributed by atoms with Gasteiger partial charge in [-0.2, -0.15) is 0 Å². The first-order chi connectivity index (χ1) is 13.9. The molecule has 29 heavy (non-hydrogen) atoms. The van der Waals surface area contributed by atoms with Gasteiger partial charge in [0, 0.05) is 35.0 Å². The average Bonchev–Trinajstić information content (AvgIpc) is 2.73. The van der Waals surface area contributed by atoms with E-state index >= 15 is 0 Å². The molecular formula is C22H18N2O5. The van der Waals surface area contributed by atoms with Crippen LogP contribution in [0, 0.1) is 17.0 Å². The Morgan fingerprint density at radius 2 is 1.69 bits per heavy atom. The molecule has 0 aliphatic carbocycles. The number of nitrogens with zero attached hydrogens (tertiary/aromatic N) is 1. The number of ether oxygens (including phenoxy) is 1. The summed E-state index contributed by atoms with van der Waals surface area (Å²) < 4.78 is 5.54. The molecule has 0 aliphatic rings. The molecule has 0 bridgehead atoms. The van der Waals surface area contributed by atoms with E-state index < -0.39 is 10.8 Å². The zero-order chi connectivity index (χ0) is 20.8. The summed E-state index contributed by atoms with van der Waals surface area (Å²) in [6, 6.07) is 19.3. The maximum Gasteiger partial charge on any atom is 0.270 e. The molecule has 1 amide bonds. The normalized spacial score (nSPS) is 10.2. The van der Waals surface area contributed by atoms with E-state index in [0.29, 0.717) is 17.0 Å². The Morgan fingerprint density at radius 1 is 0.966 bits per heavy atom. The second-order valence-electron chi connectivity index (χ2n) is 6.37. The highest BCUT2D eigenvalue weighted by Crippen LogP contribution is 2.20. The molecule has 0 radical (unpaired) electrons. The summed E-state index contributed by atoms with van der Waals surface area (Å²) in [5.74, 6) is -0.222. The van der Waals surface area contributed by atoms with Crippen molar-refractivity contribution in [1.82, 2.24) is 0 Å². The van der Waals surface area contributed by atoms with Gasteiger partial charge in [0.2, 0.25) is 0 Å². The Hall–Kier alpha value is -4.00. The smallest absolute Gasteiger partial charge is 0.270 e. The molecule has 1 N–H and O–H groups in total. The number of nitro groups is 1. The lowest BCUT2D eigenvalue weighted by molar-refractivity contribution is -0.384. The average molecular weight is 390 g/mol. The van der Waals surface area contributed by atoms with Crippen molar-refractivity contribution in [2.24, 2.45) is 0 Å². The summed E-state index contributed by atoms with van der Waals surface area (Å²) in [4.78, 5) is 34.9. The molecule has 3 rings (SSSR count). The molecule has 0 heterocycles. The second kappa shape index (κ2) is 8.79. The lowest BCUT2D eigenvalue weighted by Crippen LogP contribution is -2.13. The zero-order valence-electron chi connectivity index (χ0n) is 15.6. The van der Waals surface area contributed by atoms with Crippen LogP contribution in [0.5, 0.6) is 5.75 Å². The monoisotopic (exact) mass is 390 g/mol. The summed E-state index contributed by atoms with van der Waals surface area (Å²) in [5, 5.41) is 13.5. The zero-order valence-corrected chi connectivity index (χ0v) is 15.6. The number of Topliss-reactive ketones (excluding diaryl/α,β-unsaturated/α-hetero) is 1. The number of hydrogen-bond donors (Lipinski definition) is 1. The number of ketones is 1. The van der Waals surface area contributed by atoms with Gasteiger partial charge in [0.25, 0.3) is 11.6 Å². The Morgan fingerprint density at radius 3 is 2.41 bits per heavy atom. The van der Waals surface area contributed by atoms with Crippen LogP contribution in [-0.4, -0.2) is 23.2 Å². The van der Waals surface area contributed by atoms with Crippen LogP contribution in [0.2, 0.25) is 0 Å². The summed E-state index contributed by atoms with van der Waals surface area (Å²) >= 11 is 0. The largest absolute Gasteiger partial charge is 0.485 e. The van der Waals surface area contributed by atoms with Crippen molar-refractivity contribution in [2.75, 3.05) is 11.9 Å². The molecule has 0 fully saturated rings. The first-order valence-electron chi connectivity index (χ1n) is 8.81. The van der Waals surface area contributed by atoms with Crippen LogP contribution < -0.4 is 10.1 Å². The van der Waals surface area contributed by atoms with Crippen LogP contribution in [0.25, 0.3) is 0 Å². The quantitative estimate of drug-likeness (QED) is 0.366. The number of anilines is 1. The molecule has 7 nitrogen and oxygen atoms in total. The summed E-state index contributed by atoms with van der Waals surface area (Å²) in [6.07, 6.45) is 0. The highest BCUT2D eigenvalue weighted by Gasteiger charge is 2.12. The first kappa shape index (κ1) is 19.8. The molecule has 0 spiro atoms. The molecule has 3 aromatic rings. The molecule has 0 saturated heterocycles. The summed E-state index contributed by atoms with van der Waals surface area (Å²) in [6.45, 7) is 1.81. The molecule has 0 atom stereocenters. The fourth-order valence-corrected chi connectivity index (χ4v) is 2.60. The minimum absolute atomic E-state index is 0.134. The number of non-ortho nitro benzene ring substituents is 1. The van der Waals surface area contributed by atoms with Crippen molar-refractivity contribution in [3.63, 3.8) is 0 Å². The standard InChI is InChI=1S/C22H18N2O5/c1-15-8-10-16(11-9-15)21(25)14-29-20-7-3-5-18(13-20)23-22(26)17-4-2-6-19(12-17)24(27)28/h2-13H,14H2,1H3,(H,23,26). The van der Waals surface area contributed by atoms with Gasteiger partial charge in [-0.15, -0.1) is 0 Å². The highest BCUT2D eigenvalue weighted by molar-refractivity contribution is 6.04. The van der Waals surface area contributed by atoms with Crippen molar-refractivity contribution >= 4 is 23.1 Å². The van der Waals surface area contributed by atoms with E-state index in [1.807, 2.05) is 19.1 Å². The van der Waals surface area contributed by atoms with E-state index in [-0.39, 0.29) is 23.6 Å². The fourth-order valence-electron chi connectivity index (χ4n) is 2.60. The van der Waals surface area contributed by atoms with Gasteiger partial charge in [0.15, 0.2) is 12.4 Å². The minimum atomic E-state index is -0.559. The van der Waals surface area contributed by atoms with Gasteiger partial charge in [-0.1, -0.05) is 42.0 Å². The highest BCUT2D eigenvalue weighted by atomic mass is 16.6. The fraction of sp³-hybridized carbons (Fsp3) is 0.0909. The molecular weight excluding hydrogens is 372 g/mol. The van der Waals surface area contributed by atoms with Crippen molar-refractivity contribution in [2.45, 2.75) is 6.92 Å². The van der Waals surface area contributed by atoms with Crippen molar-refractivity contribution in [3.8, 4) is 5.75 Å². The van der Waals surface area contributed by atoms with Gasteiger partial charge in [-0.05, 0) is 25.1 Å². The maximum atomic E-state index is 12.4. The topological polar surface area (TPSA) is 98.5 Å².